The molecule has 0 bridgehead atoms. The van der Waals surface area contributed by atoms with Crippen molar-refractivity contribution < 1.29 is 0 Å². The third kappa shape index (κ3) is 3.09. The van der Waals surface area contributed by atoms with E-state index < -0.39 is 0 Å². The molecule has 2 fully saturated rings. The zero-order chi connectivity index (χ0) is 11.8. The van der Waals surface area contributed by atoms with Crippen molar-refractivity contribution in [2.75, 3.05) is 0 Å². The van der Waals surface area contributed by atoms with Crippen molar-refractivity contribution in [1.82, 2.24) is 10.3 Å². The Bertz CT molecular complexity index is 402. The molecule has 2 saturated carbocycles. The molecule has 0 atom stereocenters. The lowest BCUT2D eigenvalue weighted by molar-refractivity contribution is 0.413. The Morgan fingerprint density at radius 1 is 1.24 bits per heavy atom. The summed E-state index contributed by atoms with van der Waals surface area (Å²) in [6, 6.07) is 2.81. The molecule has 0 radical (unpaired) electrons. The fraction of sp³-hybridized carbons (Fsp3) is 0.615. The molecule has 92 valence electrons. The van der Waals surface area contributed by atoms with Gasteiger partial charge < -0.3 is 5.32 Å². The highest BCUT2D eigenvalue weighted by Crippen LogP contribution is 2.44. The number of nitrogens with one attached hydrogen (secondary N) is 1. The van der Waals surface area contributed by atoms with Crippen LogP contribution in [0.3, 0.4) is 0 Å². The first-order chi connectivity index (χ1) is 8.24. The maximum absolute atomic E-state index is 4.45. The Morgan fingerprint density at radius 3 is 2.41 bits per heavy atom. The monoisotopic (exact) mass is 358 g/mol. The molecule has 0 amide bonds. The lowest BCUT2D eigenvalue weighted by Crippen LogP contribution is -2.32. The van der Waals surface area contributed by atoms with E-state index >= 15 is 0 Å². The summed E-state index contributed by atoms with van der Waals surface area (Å²) in [5, 5.41) is 3.71. The van der Waals surface area contributed by atoms with Crippen LogP contribution < -0.4 is 5.32 Å². The van der Waals surface area contributed by atoms with E-state index in [0.29, 0.717) is 0 Å². The highest BCUT2D eigenvalue weighted by molar-refractivity contribution is 9.11. The molecule has 0 saturated heterocycles. The Hall–Kier alpha value is 0.0700. The minimum absolute atomic E-state index is 0.743. The molecule has 0 spiro atoms. The maximum atomic E-state index is 4.45. The van der Waals surface area contributed by atoms with E-state index in [0.717, 1.165) is 39.1 Å². The number of nitrogens with zero attached hydrogens (tertiary/aromatic N) is 1. The van der Waals surface area contributed by atoms with Crippen molar-refractivity contribution in [3.63, 3.8) is 0 Å². The quantitative estimate of drug-likeness (QED) is 0.862. The first-order valence-corrected chi connectivity index (χ1v) is 7.86. The van der Waals surface area contributed by atoms with Crippen molar-refractivity contribution in [2.45, 2.75) is 38.3 Å². The van der Waals surface area contributed by atoms with Gasteiger partial charge >= 0.3 is 0 Å². The van der Waals surface area contributed by atoms with Crippen LogP contribution in [0.25, 0.3) is 0 Å². The molecule has 0 aliphatic heterocycles. The fourth-order valence-electron chi connectivity index (χ4n) is 2.42. The Morgan fingerprint density at radius 2 is 1.88 bits per heavy atom. The second-order valence-electron chi connectivity index (χ2n) is 5.16. The second-order valence-corrected chi connectivity index (χ2v) is 6.93. The zero-order valence-corrected chi connectivity index (χ0v) is 12.8. The molecule has 1 aromatic heterocycles. The number of hydrogen-bond acceptors (Lipinski definition) is 2. The van der Waals surface area contributed by atoms with Crippen molar-refractivity contribution >= 4 is 31.9 Å². The molecule has 2 aliphatic carbocycles. The summed E-state index contributed by atoms with van der Waals surface area (Å²) in [5.74, 6) is 1.88. The lowest BCUT2D eigenvalue weighted by atomic mass is 10.1. The minimum Gasteiger partial charge on any atom is -0.308 e. The predicted octanol–water partition coefficient (Wildman–Crippen LogP) is 3.88. The number of rotatable bonds is 5. The number of halogens is 2. The van der Waals surface area contributed by atoms with Crippen LogP contribution >= 0.6 is 31.9 Å². The van der Waals surface area contributed by atoms with Gasteiger partial charge in [-0.05, 0) is 75.4 Å². The van der Waals surface area contributed by atoms with Crippen LogP contribution in [0.4, 0.5) is 0 Å². The largest absolute Gasteiger partial charge is 0.308 e. The Balaban J connectivity index is 1.62. The van der Waals surface area contributed by atoms with Crippen LogP contribution in [0.2, 0.25) is 0 Å². The lowest BCUT2D eigenvalue weighted by Gasteiger charge is -2.17. The molecule has 1 N–H and O–H groups in total. The summed E-state index contributed by atoms with van der Waals surface area (Å²) >= 11 is 7.00. The molecule has 1 heterocycles. The number of aromatic nitrogens is 1. The SMILES string of the molecule is Brc1cnc(CNC(C2CC2)C2CC2)c(Br)c1. The predicted molar refractivity (Wildman–Crippen MR) is 75.7 cm³/mol. The molecule has 3 rings (SSSR count). The first kappa shape index (κ1) is 12.1. The molecule has 4 heteroatoms. The van der Waals surface area contributed by atoms with Gasteiger partial charge in [0.05, 0.1) is 5.69 Å². The minimum atomic E-state index is 0.743. The standard InChI is InChI=1S/C13H16Br2N2/c14-10-5-11(15)12(16-6-10)7-17-13(8-1-2-8)9-3-4-9/h5-6,8-9,13,17H,1-4,7H2. The summed E-state index contributed by atoms with van der Waals surface area (Å²) in [4.78, 5) is 4.45. The van der Waals surface area contributed by atoms with Gasteiger partial charge in [0.1, 0.15) is 0 Å². The van der Waals surface area contributed by atoms with Gasteiger partial charge in [0.15, 0.2) is 0 Å². The van der Waals surface area contributed by atoms with Gasteiger partial charge in [0.2, 0.25) is 0 Å². The van der Waals surface area contributed by atoms with E-state index in [1.807, 2.05) is 6.20 Å². The summed E-state index contributed by atoms with van der Waals surface area (Å²) in [6.45, 7) is 0.880. The zero-order valence-electron chi connectivity index (χ0n) is 9.63. The van der Waals surface area contributed by atoms with Crippen LogP contribution in [0.15, 0.2) is 21.2 Å². The van der Waals surface area contributed by atoms with Crippen LogP contribution in [0, 0.1) is 11.8 Å². The average Bonchev–Trinajstić information content (AvgIpc) is 3.15. The van der Waals surface area contributed by atoms with E-state index in [2.05, 4.69) is 48.2 Å². The molecule has 1 aromatic rings. The van der Waals surface area contributed by atoms with Gasteiger partial charge in [0.25, 0.3) is 0 Å². The third-order valence-corrected chi connectivity index (χ3v) is 4.77. The topological polar surface area (TPSA) is 24.9 Å². The van der Waals surface area contributed by atoms with Gasteiger partial charge in [-0.25, -0.2) is 0 Å². The fourth-order valence-corrected chi connectivity index (χ4v) is 3.54. The molecule has 17 heavy (non-hydrogen) atoms. The summed E-state index contributed by atoms with van der Waals surface area (Å²) < 4.78 is 2.11. The van der Waals surface area contributed by atoms with Gasteiger partial charge in [-0.15, -0.1) is 0 Å². The van der Waals surface area contributed by atoms with Crippen LogP contribution in [-0.4, -0.2) is 11.0 Å². The van der Waals surface area contributed by atoms with E-state index in [1.165, 1.54) is 25.7 Å². The summed E-state index contributed by atoms with van der Waals surface area (Å²) in [5.41, 5.74) is 1.11. The summed E-state index contributed by atoms with van der Waals surface area (Å²) in [7, 11) is 0. The van der Waals surface area contributed by atoms with E-state index in [4.69, 9.17) is 0 Å². The van der Waals surface area contributed by atoms with Crippen molar-refractivity contribution in [2.24, 2.45) is 11.8 Å². The summed E-state index contributed by atoms with van der Waals surface area (Å²) in [6.07, 6.45) is 7.55. The van der Waals surface area contributed by atoms with Gasteiger partial charge in [-0.1, -0.05) is 0 Å². The van der Waals surface area contributed by atoms with E-state index in [9.17, 15) is 0 Å². The third-order valence-electron chi connectivity index (χ3n) is 3.65. The van der Waals surface area contributed by atoms with Crippen molar-refractivity contribution in [3.8, 4) is 0 Å². The molecular formula is C13H16Br2N2. The molecule has 0 unspecified atom stereocenters. The Labute approximate surface area is 119 Å². The highest BCUT2D eigenvalue weighted by Gasteiger charge is 2.41. The van der Waals surface area contributed by atoms with Crippen molar-refractivity contribution in [1.29, 1.82) is 0 Å². The van der Waals surface area contributed by atoms with Crippen molar-refractivity contribution in [3.05, 3.63) is 26.9 Å². The second kappa shape index (κ2) is 4.98. The van der Waals surface area contributed by atoms with Gasteiger partial charge in [-0.3, -0.25) is 4.98 Å². The normalized spacial score (nSPS) is 19.9. The van der Waals surface area contributed by atoms with Crippen LogP contribution in [0.1, 0.15) is 31.4 Å². The van der Waals surface area contributed by atoms with Gasteiger partial charge in [-0.2, -0.15) is 0 Å². The first-order valence-electron chi connectivity index (χ1n) is 6.27. The molecule has 0 aromatic carbocycles. The Kier molecular flexibility index (Phi) is 3.55. The highest BCUT2D eigenvalue weighted by atomic mass is 79.9. The van der Waals surface area contributed by atoms with E-state index in [-0.39, 0.29) is 0 Å². The average molecular weight is 360 g/mol. The smallest absolute Gasteiger partial charge is 0.0684 e. The van der Waals surface area contributed by atoms with Crippen LogP contribution in [-0.2, 0) is 6.54 Å². The number of hydrogen-bond donors (Lipinski definition) is 1. The van der Waals surface area contributed by atoms with Gasteiger partial charge in [0, 0.05) is 27.7 Å². The molecule has 2 nitrogen and oxygen atoms in total. The molecule has 2 aliphatic rings. The maximum Gasteiger partial charge on any atom is 0.0684 e. The molecular weight excluding hydrogens is 344 g/mol. The van der Waals surface area contributed by atoms with E-state index in [1.54, 1.807) is 0 Å². The number of pyridine rings is 1. The van der Waals surface area contributed by atoms with Crippen LogP contribution in [0.5, 0.6) is 0 Å².